The first-order chi connectivity index (χ1) is 11.5. The van der Waals surface area contributed by atoms with E-state index in [4.69, 9.17) is 4.42 Å². The number of carbonyl (C=O) groups is 1. The van der Waals surface area contributed by atoms with Crippen molar-refractivity contribution in [1.29, 1.82) is 0 Å². The van der Waals surface area contributed by atoms with Gasteiger partial charge in [-0.3, -0.25) is 4.79 Å². The van der Waals surface area contributed by atoms with E-state index in [0.29, 0.717) is 16.3 Å². The molecule has 0 radical (unpaired) electrons. The quantitative estimate of drug-likeness (QED) is 0.705. The van der Waals surface area contributed by atoms with Gasteiger partial charge in [0.2, 0.25) is 10.0 Å². The van der Waals surface area contributed by atoms with Crippen LogP contribution in [0.15, 0.2) is 69.5 Å². The third-order valence-electron chi connectivity index (χ3n) is 3.16. The predicted octanol–water partition coefficient (Wildman–Crippen LogP) is 3.07. The summed E-state index contributed by atoms with van der Waals surface area (Å²) in [5.74, 6) is 0.240. The van der Waals surface area contributed by atoms with Gasteiger partial charge in [0.15, 0.2) is 0 Å². The van der Waals surface area contributed by atoms with Gasteiger partial charge in [0.25, 0.3) is 5.91 Å². The summed E-state index contributed by atoms with van der Waals surface area (Å²) in [5.41, 5.74) is 0.411. The number of carbonyl (C=O) groups excluding carboxylic acids is 1. The Bertz CT molecular complexity index is 917. The number of benzene rings is 1. The lowest BCUT2D eigenvalue weighted by molar-refractivity contribution is 0.103. The molecule has 1 aromatic carbocycles. The molecule has 0 aliphatic heterocycles. The number of thiophene rings is 1. The van der Waals surface area contributed by atoms with E-state index < -0.39 is 10.0 Å². The maximum atomic E-state index is 12.3. The minimum absolute atomic E-state index is 0.0567. The maximum Gasteiger partial charge on any atom is 0.265 e. The van der Waals surface area contributed by atoms with Gasteiger partial charge in [-0.15, -0.1) is 11.3 Å². The first-order valence-electron chi connectivity index (χ1n) is 7.01. The molecule has 0 atom stereocenters. The van der Waals surface area contributed by atoms with E-state index in [2.05, 4.69) is 10.0 Å². The van der Waals surface area contributed by atoms with E-state index in [1.807, 2.05) is 0 Å². The van der Waals surface area contributed by atoms with Crippen LogP contribution in [0.3, 0.4) is 0 Å². The largest absolute Gasteiger partial charge is 0.468 e. The lowest BCUT2D eigenvalue weighted by Gasteiger charge is -2.08. The molecule has 0 aliphatic carbocycles. The van der Waals surface area contributed by atoms with Crippen LogP contribution in [0.1, 0.15) is 15.4 Å². The number of furan rings is 1. The maximum absolute atomic E-state index is 12.3. The van der Waals surface area contributed by atoms with Gasteiger partial charge in [0.1, 0.15) is 5.76 Å². The van der Waals surface area contributed by atoms with Gasteiger partial charge in [-0.25, -0.2) is 13.1 Å². The van der Waals surface area contributed by atoms with Gasteiger partial charge >= 0.3 is 0 Å². The van der Waals surface area contributed by atoms with Crippen LogP contribution in [0.25, 0.3) is 0 Å². The molecular formula is C16H14N2O4S2. The number of anilines is 1. The molecular weight excluding hydrogens is 348 g/mol. The summed E-state index contributed by atoms with van der Waals surface area (Å²) in [6.45, 7) is 0.0567. The fourth-order valence-electron chi connectivity index (χ4n) is 2.00. The van der Waals surface area contributed by atoms with Crippen LogP contribution in [0.4, 0.5) is 5.69 Å². The SMILES string of the molecule is O=C(Nc1cccc(S(=O)(=O)NCc2ccco2)c1)c1cccs1. The summed E-state index contributed by atoms with van der Waals surface area (Å²) in [6, 6.07) is 12.9. The molecule has 24 heavy (non-hydrogen) atoms. The molecule has 0 aliphatic rings. The van der Waals surface area contributed by atoms with Gasteiger partial charge in [-0.05, 0) is 41.8 Å². The lowest BCUT2D eigenvalue weighted by Crippen LogP contribution is -2.23. The molecule has 0 unspecified atom stereocenters. The Morgan fingerprint density at radius 2 is 2.00 bits per heavy atom. The van der Waals surface area contributed by atoms with Crippen LogP contribution in [0, 0.1) is 0 Å². The fraction of sp³-hybridized carbons (Fsp3) is 0.0625. The van der Waals surface area contributed by atoms with Gasteiger partial charge in [-0.2, -0.15) is 0 Å². The monoisotopic (exact) mass is 362 g/mol. The highest BCUT2D eigenvalue weighted by atomic mass is 32.2. The smallest absolute Gasteiger partial charge is 0.265 e. The zero-order valence-corrected chi connectivity index (χ0v) is 14.1. The van der Waals surface area contributed by atoms with E-state index in [1.165, 1.54) is 29.7 Å². The summed E-state index contributed by atoms with van der Waals surface area (Å²) in [5, 5.41) is 4.49. The topological polar surface area (TPSA) is 88.4 Å². The summed E-state index contributed by atoms with van der Waals surface area (Å²) in [7, 11) is -3.71. The third kappa shape index (κ3) is 3.91. The highest BCUT2D eigenvalue weighted by Gasteiger charge is 2.16. The first-order valence-corrected chi connectivity index (χ1v) is 9.38. The van der Waals surface area contributed by atoms with Crippen LogP contribution in [0.2, 0.25) is 0 Å². The molecule has 0 saturated carbocycles. The summed E-state index contributed by atoms with van der Waals surface area (Å²) in [6.07, 6.45) is 1.48. The highest BCUT2D eigenvalue weighted by molar-refractivity contribution is 7.89. The molecule has 0 spiro atoms. The number of hydrogen-bond donors (Lipinski definition) is 2. The average molecular weight is 362 g/mol. The fourth-order valence-corrected chi connectivity index (χ4v) is 3.66. The molecule has 8 heteroatoms. The molecule has 2 N–H and O–H groups in total. The number of rotatable bonds is 6. The van der Waals surface area contributed by atoms with E-state index in [9.17, 15) is 13.2 Å². The zero-order valence-electron chi connectivity index (χ0n) is 12.4. The second kappa shape index (κ2) is 7.00. The second-order valence-electron chi connectivity index (χ2n) is 4.86. The van der Waals surface area contributed by atoms with Crippen molar-refractivity contribution in [1.82, 2.24) is 4.72 Å². The van der Waals surface area contributed by atoms with Crippen molar-refractivity contribution in [3.8, 4) is 0 Å². The number of amides is 1. The van der Waals surface area contributed by atoms with E-state index in [0.717, 1.165) is 0 Å². The van der Waals surface area contributed by atoms with Crippen molar-refractivity contribution in [2.75, 3.05) is 5.32 Å². The van der Waals surface area contributed by atoms with Crippen LogP contribution >= 0.6 is 11.3 Å². The molecule has 2 heterocycles. The van der Waals surface area contributed by atoms with Crippen molar-refractivity contribution < 1.29 is 17.6 Å². The van der Waals surface area contributed by atoms with Gasteiger partial charge in [-0.1, -0.05) is 12.1 Å². The molecule has 3 rings (SSSR count). The molecule has 0 bridgehead atoms. The zero-order chi connectivity index (χ0) is 17.0. The Labute approximate surface area is 143 Å². The van der Waals surface area contributed by atoms with E-state index in [-0.39, 0.29) is 17.3 Å². The molecule has 0 fully saturated rings. The third-order valence-corrected chi connectivity index (χ3v) is 5.43. The van der Waals surface area contributed by atoms with Gasteiger partial charge < -0.3 is 9.73 Å². The second-order valence-corrected chi connectivity index (χ2v) is 7.58. The van der Waals surface area contributed by atoms with E-state index in [1.54, 1.807) is 41.8 Å². The normalized spacial score (nSPS) is 11.3. The van der Waals surface area contributed by atoms with Crippen molar-refractivity contribution in [2.24, 2.45) is 0 Å². The van der Waals surface area contributed by atoms with Crippen LogP contribution in [-0.4, -0.2) is 14.3 Å². The lowest BCUT2D eigenvalue weighted by atomic mass is 10.3. The average Bonchev–Trinajstić information content (AvgIpc) is 3.27. The van der Waals surface area contributed by atoms with Crippen molar-refractivity contribution >= 4 is 33.0 Å². The highest BCUT2D eigenvalue weighted by Crippen LogP contribution is 2.18. The summed E-state index contributed by atoms with van der Waals surface area (Å²) < 4.78 is 32.2. The van der Waals surface area contributed by atoms with Crippen LogP contribution in [-0.2, 0) is 16.6 Å². The molecule has 6 nitrogen and oxygen atoms in total. The molecule has 1 amide bonds. The minimum atomic E-state index is -3.71. The Morgan fingerprint density at radius 3 is 2.71 bits per heavy atom. The molecule has 0 saturated heterocycles. The molecule has 3 aromatic rings. The van der Waals surface area contributed by atoms with Crippen molar-refractivity contribution in [3.05, 3.63) is 70.8 Å². The molecule has 2 aromatic heterocycles. The molecule has 124 valence electrons. The Morgan fingerprint density at radius 1 is 1.12 bits per heavy atom. The number of sulfonamides is 1. The summed E-state index contributed by atoms with van der Waals surface area (Å²) >= 11 is 1.31. The Hall–Kier alpha value is -2.42. The Kier molecular flexibility index (Phi) is 4.79. The summed E-state index contributed by atoms with van der Waals surface area (Å²) in [4.78, 5) is 12.7. The predicted molar refractivity (Wildman–Crippen MR) is 91.4 cm³/mol. The van der Waals surface area contributed by atoms with E-state index >= 15 is 0 Å². The Balaban J connectivity index is 1.73. The first kappa shape index (κ1) is 16.4. The van der Waals surface area contributed by atoms with Crippen LogP contribution < -0.4 is 10.0 Å². The van der Waals surface area contributed by atoms with Crippen molar-refractivity contribution in [3.63, 3.8) is 0 Å². The standard InChI is InChI=1S/C16H14N2O4S2/c19-16(15-7-3-9-23-15)18-12-4-1-6-14(10-12)24(20,21)17-11-13-5-2-8-22-13/h1-10,17H,11H2,(H,18,19). The van der Waals surface area contributed by atoms with Crippen molar-refractivity contribution in [2.45, 2.75) is 11.4 Å². The van der Waals surface area contributed by atoms with Gasteiger partial charge in [0, 0.05) is 5.69 Å². The van der Waals surface area contributed by atoms with Gasteiger partial charge in [0.05, 0.1) is 22.6 Å². The number of hydrogen-bond acceptors (Lipinski definition) is 5. The van der Waals surface area contributed by atoms with Crippen LogP contribution in [0.5, 0.6) is 0 Å². The number of nitrogens with one attached hydrogen (secondary N) is 2. The minimum Gasteiger partial charge on any atom is -0.468 e.